The Kier molecular flexibility index (Phi) is 6.54. The molecule has 4 rings (SSSR count). The molecule has 0 fully saturated rings. The van der Waals surface area contributed by atoms with E-state index in [9.17, 15) is 23.2 Å². The van der Waals surface area contributed by atoms with Gasteiger partial charge in [0.25, 0.3) is 0 Å². The summed E-state index contributed by atoms with van der Waals surface area (Å²) < 4.78 is 40.3. The van der Waals surface area contributed by atoms with Crippen LogP contribution in [0.1, 0.15) is 42.5 Å². The second-order valence-electron chi connectivity index (χ2n) is 7.56. The number of halogens is 4. The van der Waals surface area contributed by atoms with Crippen LogP contribution >= 0.6 is 34.7 Å². The number of hydrogen-bond donors (Lipinski definition) is 1. The first-order valence-electron chi connectivity index (χ1n) is 10.2. The van der Waals surface area contributed by atoms with Crippen molar-refractivity contribution < 1.29 is 18.0 Å². The van der Waals surface area contributed by atoms with Gasteiger partial charge in [-0.1, -0.05) is 18.5 Å². The van der Waals surface area contributed by atoms with Crippen molar-refractivity contribution in [2.75, 3.05) is 10.7 Å². The van der Waals surface area contributed by atoms with Gasteiger partial charge in [0.05, 0.1) is 33.8 Å². The monoisotopic (exact) mass is 509 g/mol. The third-order valence-corrected chi connectivity index (χ3v) is 8.03. The number of thioether (sulfide) groups is 1. The van der Waals surface area contributed by atoms with Crippen molar-refractivity contribution >= 4 is 46.2 Å². The number of allylic oxidation sites excluding steroid dienone is 3. The standard InChI is InChI=1S/C23H19ClF3N3OS2/c1-2-32-18-8-9-33-21(18)19-13(11-28)22(29)30(15-4-3-5-17(31)20(15)19)16-10-12(23(25,26)27)6-7-14(16)24/h6-10,19H,2-5,29H2,1H3/t19-/m1/s1. The van der Waals surface area contributed by atoms with Gasteiger partial charge in [0.2, 0.25) is 0 Å². The molecule has 1 aliphatic heterocycles. The van der Waals surface area contributed by atoms with Crippen LogP contribution in [0.2, 0.25) is 5.02 Å². The number of carbonyl (C=O) groups excluding carboxylic acids is 1. The van der Waals surface area contributed by atoms with Gasteiger partial charge in [-0.3, -0.25) is 9.69 Å². The average molecular weight is 510 g/mol. The second kappa shape index (κ2) is 9.09. The van der Waals surface area contributed by atoms with Crippen molar-refractivity contribution in [2.45, 2.75) is 43.2 Å². The van der Waals surface area contributed by atoms with Crippen molar-refractivity contribution in [1.82, 2.24) is 0 Å². The molecular formula is C23H19ClF3N3OS2. The van der Waals surface area contributed by atoms with E-state index in [-0.39, 0.29) is 27.9 Å². The molecule has 1 aliphatic carbocycles. The first kappa shape index (κ1) is 23.7. The quantitative estimate of drug-likeness (QED) is 0.457. The maximum Gasteiger partial charge on any atom is 0.416 e. The van der Waals surface area contributed by atoms with Crippen LogP contribution in [0.3, 0.4) is 0 Å². The number of anilines is 1. The minimum atomic E-state index is -4.59. The lowest BCUT2D eigenvalue weighted by molar-refractivity contribution is -0.137. The number of carbonyl (C=O) groups is 1. The van der Waals surface area contributed by atoms with Crippen LogP contribution in [-0.4, -0.2) is 11.5 Å². The summed E-state index contributed by atoms with van der Waals surface area (Å²) in [5.74, 6) is 0.0322. The first-order valence-corrected chi connectivity index (χ1v) is 12.5. The number of benzene rings is 1. The summed E-state index contributed by atoms with van der Waals surface area (Å²) in [6.07, 6.45) is -3.31. The average Bonchev–Trinajstić information content (AvgIpc) is 3.21. The molecule has 2 aliphatic rings. The van der Waals surface area contributed by atoms with Crippen LogP contribution < -0.4 is 10.6 Å². The number of nitrogens with zero attached hydrogens (tertiary/aromatic N) is 2. The Morgan fingerprint density at radius 3 is 2.76 bits per heavy atom. The molecule has 0 spiro atoms. The van der Waals surface area contributed by atoms with E-state index in [1.165, 1.54) is 16.2 Å². The maximum absolute atomic E-state index is 13.4. The van der Waals surface area contributed by atoms with E-state index in [0.29, 0.717) is 30.5 Å². The molecule has 0 saturated carbocycles. The Balaban J connectivity index is 1.98. The van der Waals surface area contributed by atoms with E-state index in [1.807, 2.05) is 18.4 Å². The number of nitrogens with two attached hydrogens (primary N) is 1. The van der Waals surface area contributed by atoms with Gasteiger partial charge < -0.3 is 5.73 Å². The third-order valence-electron chi connectivity index (χ3n) is 5.65. The van der Waals surface area contributed by atoms with Gasteiger partial charge in [-0.05, 0) is 48.2 Å². The van der Waals surface area contributed by atoms with Gasteiger partial charge in [0.15, 0.2) is 5.78 Å². The summed E-state index contributed by atoms with van der Waals surface area (Å²) in [4.78, 5) is 16.4. The van der Waals surface area contributed by atoms with Crippen LogP contribution in [0.5, 0.6) is 0 Å². The molecule has 0 amide bonds. The predicted molar refractivity (Wildman–Crippen MR) is 125 cm³/mol. The van der Waals surface area contributed by atoms with Crippen molar-refractivity contribution in [3.8, 4) is 6.07 Å². The number of thiophene rings is 1. The number of alkyl halides is 3. The summed E-state index contributed by atoms with van der Waals surface area (Å²) in [6, 6.07) is 7.05. The van der Waals surface area contributed by atoms with Gasteiger partial charge in [-0.25, -0.2) is 0 Å². The van der Waals surface area contributed by atoms with E-state index >= 15 is 0 Å². The largest absolute Gasteiger partial charge is 0.416 e. The van der Waals surface area contributed by atoms with Gasteiger partial charge in [0.1, 0.15) is 5.82 Å². The zero-order valence-corrected chi connectivity index (χ0v) is 19.9. The number of ketones is 1. The number of nitriles is 1. The molecule has 0 unspecified atom stereocenters. The van der Waals surface area contributed by atoms with Gasteiger partial charge in [-0.2, -0.15) is 18.4 Å². The van der Waals surface area contributed by atoms with Crippen LogP contribution in [0.25, 0.3) is 0 Å². The van der Waals surface area contributed by atoms with Crippen LogP contribution in [-0.2, 0) is 11.0 Å². The summed E-state index contributed by atoms with van der Waals surface area (Å²) in [5, 5.41) is 12.0. The molecule has 33 heavy (non-hydrogen) atoms. The second-order valence-corrected chi connectivity index (χ2v) is 10.2. The fourth-order valence-corrected chi connectivity index (χ4v) is 6.53. The summed E-state index contributed by atoms with van der Waals surface area (Å²) >= 11 is 9.37. The highest BCUT2D eigenvalue weighted by Crippen LogP contribution is 2.50. The SMILES string of the molecule is CCSc1ccsc1[C@@H]1C(C#N)=C(N)N(c2cc(C(F)(F)F)ccc2Cl)C2=C1C(=O)CCC2. The highest BCUT2D eigenvalue weighted by molar-refractivity contribution is 7.99. The predicted octanol–water partition coefficient (Wildman–Crippen LogP) is 6.84. The van der Waals surface area contributed by atoms with Crippen molar-refractivity contribution in [2.24, 2.45) is 5.73 Å². The van der Waals surface area contributed by atoms with Crippen molar-refractivity contribution in [1.29, 1.82) is 5.26 Å². The molecule has 2 N–H and O–H groups in total. The normalized spacial score (nSPS) is 19.1. The molecular weight excluding hydrogens is 491 g/mol. The van der Waals surface area contributed by atoms with E-state index in [1.54, 1.807) is 11.8 Å². The molecule has 2 heterocycles. The first-order chi connectivity index (χ1) is 15.7. The Bertz CT molecular complexity index is 1230. The fourth-order valence-electron chi connectivity index (χ4n) is 4.28. The minimum Gasteiger partial charge on any atom is -0.384 e. The molecule has 4 nitrogen and oxygen atoms in total. The molecule has 1 aromatic carbocycles. The summed E-state index contributed by atoms with van der Waals surface area (Å²) in [6.45, 7) is 2.01. The van der Waals surface area contributed by atoms with E-state index in [0.717, 1.165) is 33.7 Å². The topological polar surface area (TPSA) is 70.1 Å². The molecule has 2 aromatic rings. The number of Topliss-reactive ketones (excluding diaryl/α,β-unsaturated/α-hetero) is 1. The minimum absolute atomic E-state index is 0.00183. The summed E-state index contributed by atoms with van der Waals surface area (Å²) in [7, 11) is 0. The smallest absolute Gasteiger partial charge is 0.384 e. The molecule has 0 radical (unpaired) electrons. The molecule has 0 saturated heterocycles. The van der Waals surface area contributed by atoms with Crippen LogP contribution in [0, 0.1) is 11.3 Å². The van der Waals surface area contributed by atoms with E-state index in [4.69, 9.17) is 17.3 Å². The Hall–Kier alpha value is -2.41. The van der Waals surface area contributed by atoms with E-state index < -0.39 is 17.7 Å². The molecule has 1 aromatic heterocycles. The molecule has 10 heteroatoms. The third kappa shape index (κ3) is 4.16. The Labute approximate surface area is 202 Å². The number of rotatable bonds is 4. The van der Waals surface area contributed by atoms with Gasteiger partial charge >= 0.3 is 6.18 Å². The van der Waals surface area contributed by atoms with E-state index in [2.05, 4.69) is 6.07 Å². The molecule has 0 bridgehead atoms. The lowest BCUT2D eigenvalue weighted by atomic mass is 9.78. The Morgan fingerprint density at radius 1 is 1.33 bits per heavy atom. The summed E-state index contributed by atoms with van der Waals surface area (Å²) in [5.41, 5.74) is 6.64. The van der Waals surface area contributed by atoms with Crippen molar-refractivity contribution in [3.05, 3.63) is 67.8 Å². The molecule has 1 atom stereocenters. The highest BCUT2D eigenvalue weighted by Gasteiger charge is 2.42. The fraction of sp³-hybridized carbons (Fsp3) is 0.304. The van der Waals surface area contributed by atoms with Gasteiger partial charge in [0, 0.05) is 27.5 Å². The van der Waals surface area contributed by atoms with Crippen LogP contribution in [0.4, 0.5) is 18.9 Å². The zero-order valence-electron chi connectivity index (χ0n) is 17.5. The maximum atomic E-state index is 13.4. The van der Waals surface area contributed by atoms with Crippen molar-refractivity contribution in [3.63, 3.8) is 0 Å². The zero-order chi connectivity index (χ0) is 23.9. The Morgan fingerprint density at radius 2 is 2.09 bits per heavy atom. The van der Waals surface area contributed by atoms with Crippen LogP contribution in [0.15, 0.2) is 57.2 Å². The number of hydrogen-bond acceptors (Lipinski definition) is 6. The highest BCUT2D eigenvalue weighted by atomic mass is 35.5. The van der Waals surface area contributed by atoms with Gasteiger partial charge in [-0.15, -0.1) is 23.1 Å². The lowest BCUT2D eigenvalue weighted by Crippen LogP contribution is -2.39. The molecule has 172 valence electrons. The lowest BCUT2D eigenvalue weighted by Gasteiger charge is -2.40.